The minimum atomic E-state index is -3.02. The van der Waals surface area contributed by atoms with Gasteiger partial charge in [0.25, 0.3) is 8.32 Å². The van der Waals surface area contributed by atoms with Gasteiger partial charge >= 0.3 is 0 Å². The highest BCUT2D eigenvalue weighted by Crippen LogP contribution is 2.39. The van der Waals surface area contributed by atoms with E-state index < -0.39 is 20.0 Å². The number of halogens is 2. The second-order valence-electron chi connectivity index (χ2n) is 12.4. The predicted octanol–water partition coefficient (Wildman–Crippen LogP) is 6.65. The summed E-state index contributed by atoms with van der Waals surface area (Å²) in [6.07, 6.45) is -0.360. The molecule has 2 atom stereocenters. The maximum absolute atomic E-state index is 16.4. The van der Waals surface area contributed by atoms with Gasteiger partial charge in [-0.1, -0.05) is 86.6 Å². The third-order valence-corrected chi connectivity index (χ3v) is 14.1. The number of hydrogen-bond donors (Lipinski definition) is 1. The highest BCUT2D eigenvalue weighted by atomic mass is 32.1. The Morgan fingerprint density at radius 1 is 1.02 bits per heavy atom. The van der Waals surface area contributed by atoms with E-state index in [1.807, 2.05) is 55.1 Å². The summed E-state index contributed by atoms with van der Waals surface area (Å²) in [5.41, 5.74) is 2.55. The summed E-state index contributed by atoms with van der Waals surface area (Å²) in [5, 5.41) is 15.3. The first-order valence-electron chi connectivity index (χ1n) is 14.8. The van der Waals surface area contributed by atoms with E-state index in [0.717, 1.165) is 10.4 Å². The van der Waals surface area contributed by atoms with Gasteiger partial charge in [-0.2, -0.15) is 0 Å². The Kier molecular flexibility index (Phi) is 9.36. The predicted molar refractivity (Wildman–Crippen MR) is 175 cm³/mol. The van der Waals surface area contributed by atoms with Crippen LogP contribution in [0.4, 0.5) is 14.5 Å². The Labute approximate surface area is 263 Å². The van der Waals surface area contributed by atoms with Crippen LogP contribution in [0.1, 0.15) is 56.3 Å². The first-order chi connectivity index (χ1) is 21.0. The summed E-state index contributed by atoms with van der Waals surface area (Å²) < 4.78 is 45.6. The van der Waals surface area contributed by atoms with Crippen molar-refractivity contribution in [3.8, 4) is 0 Å². The highest BCUT2D eigenvalue weighted by Gasteiger charge is 2.50. The Bertz CT molecular complexity index is 1580. The van der Waals surface area contributed by atoms with Crippen molar-refractivity contribution >= 4 is 41.4 Å². The molecule has 4 aromatic rings. The van der Waals surface area contributed by atoms with Crippen LogP contribution in [0, 0.1) is 18.6 Å². The maximum atomic E-state index is 16.4. The topological polar surface area (TPSA) is 67.2 Å². The Hall–Kier alpha value is -3.44. The number of rotatable bonds is 8. The molecule has 0 bridgehead atoms. The number of ether oxygens (including phenoxy) is 1. The number of aromatic nitrogens is 1. The molecule has 5 rings (SSSR count). The molecule has 0 saturated carbocycles. The summed E-state index contributed by atoms with van der Waals surface area (Å²) in [5.74, 6) is -2.09. The molecule has 1 aliphatic rings. The average molecular weight is 636 g/mol. The standard InChI is InChI=1S/C34H39F2N3O3SSi/c1-22-18-39(19-23(2)42-22)32-25(17-28(29(35)30(32)36)31(38-40)33-24(3)37-21-43-33)20-41-44(34(4,5)6,26-13-9-7-10-14-26)27-15-11-8-12-16-27/h7-17,21-23,40H,18-20H2,1-6H3/t22-,23+. The number of nitrogens with zero attached hydrogens (tertiary/aromatic N) is 3. The van der Waals surface area contributed by atoms with E-state index in [-0.39, 0.29) is 40.8 Å². The van der Waals surface area contributed by atoms with Crippen LogP contribution in [0.25, 0.3) is 0 Å². The fraction of sp³-hybridized carbons (Fsp3) is 0.353. The molecule has 0 radical (unpaired) electrons. The zero-order chi connectivity index (χ0) is 31.6. The Morgan fingerprint density at radius 3 is 2.07 bits per heavy atom. The third-order valence-electron chi connectivity index (χ3n) is 8.17. The summed E-state index contributed by atoms with van der Waals surface area (Å²) in [4.78, 5) is 6.54. The number of anilines is 1. The number of hydrogen-bond acceptors (Lipinski definition) is 7. The molecule has 1 aromatic heterocycles. The van der Waals surface area contributed by atoms with E-state index in [9.17, 15) is 5.21 Å². The first kappa shape index (κ1) is 32.0. The van der Waals surface area contributed by atoms with Crippen LogP contribution in [0.5, 0.6) is 0 Å². The van der Waals surface area contributed by atoms with Crippen LogP contribution in [0.2, 0.25) is 5.04 Å². The van der Waals surface area contributed by atoms with Crippen molar-refractivity contribution in [3.63, 3.8) is 0 Å². The molecule has 3 aromatic carbocycles. The molecule has 44 heavy (non-hydrogen) atoms. The number of aryl methyl sites for hydroxylation is 1. The number of benzene rings is 3. The lowest BCUT2D eigenvalue weighted by Gasteiger charge is -2.43. The molecule has 10 heteroatoms. The molecule has 1 aliphatic heterocycles. The molecule has 0 spiro atoms. The lowest BCUT2D eigenvalue weighted by atomic mass is 10.0. The molecule has 232 valence electrons. The number of oxime groups is 1. The van der Waals surface area contributed by atoms with Gasteiger partial charge in [0.2, 0.25) is 0 Å². The molecular weight excluding hydrogens is 597 g/mol. The van der Waals surface area contributed by atoms with Crippen LogP contribution in [0.15, 0.2) is 77.4 Å². The van der Waals surface area contributed by atoms with Crippen molar-refractivity contribution in [3.05, 3.63) is 106 Å². The lowest BCUT2D eigenvalue weighted by Crippen LogP contribution is -2.66. The van der Waals surface area contributed by atoms with E-state index in [4.69, 9.17) is 9.16 Å². The fourth-order valence-corrected chi connectivity index (χ4v) is 11.7. The smallest absolute Gasteiger partial charge is 0.261 e. The van der Waals surface area contributed by atoms with Crippen molar-refractivity contribution in [2.45, 2.75) is 65.4 Å². The van der Waals surface area contributed by atoms with Crippen molar-refractivity contribution in [1.82, 2.24) is 4.98 Å². The molecule has 2 heterocycles. The Balaban J connectivity index is 1.71. The van der Waals surface area contributed by atoms with E-state index >= 15 is 8.78 Å². The van der Waals surface area contributed by atoms with Crippen LogP contribution >= 0.6 is 11.3 Å². The molecule has 1 N–H and O–H groups in total. The van der Waals surface area contributed by atoms with Gasteiger partial charge in [0.05, 0.1) is 40.6 Å². The normalized spacial score (nSPS) is 18.1. The third kappa shape index (κ3) is 5.96. The SMILES string of the molecule is Cc1ncsc1C(=NO)c1cc(CO[Si](c2ccccc2)(c2ccccc2)C(C)(C)C)c(N2C[C@@H](C)O[C@@H](C)C2)c(F)c1F. The average Bonchev–Trinajstić information content (AvgIpc) is 3.41. The van der Waals surface area contributed by atoms with Crippen LogP contribution in [-0.4, -0.2) is 49.5 Å². The summed E-state index contributed by atoms with van der Waals surface area (Å²) >= 11 is 1.20. The molecule has 6 nitrogen and oxygen atoms in total. The van der Waals surface area contributed by atoms with Gasteiger partial charge in [-0.15, -0.1) is 11.3 Å². The van der Waals surface area contributed by atoms with Gasteiger partial charge in [0.1, 0.15) is 5.71 Å². The summed E-state index contributed by atoms with van der Waals surface area (Å²) in [6, 6.07) is 21.9. The fourth-order valence-electron chi connectivity index (χ4n) is 6.35. The van der Waals surface area contributed by atoms with E-state index in [1.165, 1.54) is 11.3 Å². The van der Waals surface area contributed by atoms with E-state index in [0.29, 0.717) is 29.2 Å². The van der Waals surface area contributed by atoms with Crippen molar-refractivity contribution in [2.24, 2.45) is 5.16 Å². The van der Waals surface area contributed by atoms with Gasteiger partial charge in [0, 0.05) is 24.2 Å². The minimum Gasteiger partial charge on any atom is -0.410 e. The van der Waals surface area contributed by atoms with Crippen molar-refractivity contribution in [1.29, 1.82) is 0 Å². The molecule has 0 unspecified atom stereocenters. The highest BCUT2D eigenvalue weighted by molar-refractivity contribution is 7.12. The van der Waals surface area contributed by atoms with Crippen LogP contribution < -0.4 is 15.3 Å². The van der Waals surface area contributed by atoms with Crippen molar-refractivity contribution in [2.75, 3.05) is 18.0 Å². The van der Waals surface area contributed by atoms with Gasteiger partial charge in [-0.25, -0.2) is 13.8 Å². The number of thiazole rings is 1. The zero-order valence-corrected chi connectivity index (χ0v) is 27.8. The van der Waals surface area contributed by atoms with Gasteiger partial charge in [-0.3, -0.25) is 0 Å². The van der Waals surface area contributed by atoms with Gasteiger partial charge < -0.3 is 19.3 Å². The molecular formula is C34H39F2N3O3SSi. The van der Waals surface area contributed by atoms with E-state index in [1.54, 1.807) is 18.5 Å². The minimum absolute atomic E-state index is 0.00726. The largest absolute Gasteiger partial charge is 0.410 e. The quantitative estimate of drug-likeness (QED) is 0.102. The molecule has 1 fully saturated rings. The van der Waals surface area contributed by atoms with Gasteiger partial charge in [0.15, 0.2) is 11.6 Å². The monoisotopic (exact) mass is 635 g/mol. The van der Waals surface area contributed by atoms with Crippen molar-refractivity contribution < 1.29 is 23.2 Å². The summed E-state index contributed by atoms with van der Waals surface area (Å²) in [6.45, 7) is 12.9. The molecule has 1 saturated heterocycles. The second kappa shape index (κ2) is 12.9. The lowest BCUT2D eigenvalue weighted by molar-refractivity contribution is -0.00553. The van der Waals surface area contributed by atoms with Crippen LogP contribution in [0.3, 0.4) is 0 Å². The molecule has 0 aliphatic carbocycles. The number of morpholine rings is 1. The first-order valence-corrected chi connectivity index (χ1v) is 17.6. The van der Waals surface area contributed by atoms with E-state index in [2.05, 4.69) is 55.2 Å². The summed E-state index contributed by atoms with van der Waals surface area (Å²) in [7, 11) is -3.02. The van der Waals surface area contributed by atoms with Gasteiger partial charge in [-0.05, 0) is 42.2 Å². The zero-order valence-electron chi connectivity index (χ0n) is 26.0. The maximum Gasteiger partial charge on any atom is 0.261 e. The second-order valence-corrected chi connectivity index (χ2v) is 17.6. The molecule has 0 amide bonds. The van der Waals surface area contributed by atoms with Crippen LogP contribution in [-0.2, 0) is 15.8 Å². The Morgan fingerprint density at radius 2 is 1.59 bits per heavy atom.